The molecule has 0 bridgehead atoms. The molecule has 0 spiro atoms. The Labute approximate surface area is 162 Å². The van der Waals surface area contributed by atoms with Crippen LogP contribution in [0.4, 0.5) is 10.1 Å². The number of amides is 2. The Morgan fingerprint density at radius 3 is 2.44 bits per heavy atom. The third kappa shape index (κ3) is 7.70. The monoisotopic (exact) mass is 390 g/mol. The molecular weight excluding hydrogens is 367 g/mol. The SMILES string of the molecule is Cc1ccc(OCCNC(=O)[C@@H](C)SCC(=O)Nc2ccc(F)cc2)cc1. The van der Waals surface area contributed by atoms with E-state index in [2.05, 4.69) is 10.6 Å². The smallest absolute Gasteiger partial charge is 0.234 e. The number of carbonyl (C=O) groups excluding carboxylic acids is 2. The molecule has 27 heavy (non-hydrogen) atoms. The van der Waals surface area contributed by atoms with Gasteiger partial charge < -0.3 is 15.4 Å². The zero-order valence-electron chi connectivity index (χ0n) is 15.3. The van der Waals surface area contributed by atoms with E-state index in [0.717, 1.165) is 11.3 Å². The molecule has 0 aliphatic heterocycles. The summed E-state index contributed by atoms with van der Waals surface area (Å²) >= 11 is 1.23. The van der Waals surface area contributed by atoms with Crippen molar-refractivity contribution in [3.05, 3.63) is 59.9 Å². The highest BCUT2D eigenvalue weighted by molar-refractivity contribution is 8.01. The number of hydrogen-bond donors (Lipinski definition) is 2. The van der Waals surface area contributed by atoms with Crippen LogP contribution in [0.15, 0.2) is 48.5 Å². The zero-order chi connectivity index (χ0) is 19.6. The molecule has 0 aliphatic rings. The van der Waals surface area contributed by atoms with Crippen molar-refractivity contribution in [3.63, 3.8) is 0 Å². The van der Waals surface area contributed by atoms with Crippen molar-refractivity contribution in [2.45, 2.75) is 19.1 Å². The van der Waals surface area contributed by atoms with E-state index in [1.165, 1.54) is 36.0 Å². The van der Waals surface area contributed by atoms with Gasteiger partial charge in [0.1, 0.15) is 18.2 Å². The van der Waals surface area contributed by atoms with Gasteiger partial charge in [-0.25, -0.2) is 4.39 Å². The second kappa shape index (κ2) is 10.6. The lowest BCUT2D eigenvalue weighted by atomic mass is 10.2. The lowest BCUT2D eigenvalue weighted by Gasteiger charge is -2.12. The summed E-state index contributed by atoms with van der Waals surface area (Å²) in [6, 6.07) is 13.2. The largest absolute Gasteiger partial charge is 0.492 e. The minimum absolute atomic E-state index is 0.131. The van der Waals surface area contributed by atoms with Crippen LogP contribution in [-0.2, 0) is 9.59 Å². The van der Waals surface area contributed by atoms with Gasteiger partial charge in [0.05, 0.1) is 17.5 Å². The van der Waals surface area contributed by atoms with Crippen LogP contribution >= 0.6 is 11.8 Å². The highest BCUT2D eigenvalue weighted by Crippen LogP contribution is 2.13. The minimum Gasteiger partial charge on any atom is -0.492 e. The van der Waals surface area contributed by atoms with Gasteiger partial charge in [-0.05, 0) is 50.2 Å². The fraction of sp³-hybridized carbons (Fsp3) is 0.300. The highest BCUT2D eigenvalue weighted by atomic mass is 32.2. The van der Waals surface area contributed by atoms with Crippen molar-refractivity contribution in [3.8, 4) is 5.75 Å². The molecule has 0 aromatic heterocycles. The summed E-state index contributed by atoms with van der Waals surface area (Å²) < 4.78 is 18.4. The molecule has 2 amide bonds. The van der Waals surface area contributed by atoms with Crippen molar-refractivity contribution >= 4 is 29.3 Å². The summed E-state index contributed by atoms with van der Waals surface area (Å²) in [4.78, 5) is 23.9. The van der Waals surface area contributed by atoms with Crippen LogP contribution in [0.2, 0.25) is 0 Å². The van der Waals surface area contributed by atoms with E-state index in [1.807, 2.05) is 31.2 Å². The molecule has 0 unspecified atom stereocenters. The Kier molecular flexibility index (Phi) is 8.13. The number of anilines is 1. The highest BCUT2D eigenvalue weighted by Gasteiger charge is 2.15. The standard InChI is InChI=1S/C20H23FN2O3S/c1-14-3-9-18(10-4-14)26-12-11-22-20(25)15(2)27-13-19(24)23-17-7-5-16(21)6-8-17/h3-10,15H,11-13H2,1-2H3,(H,22,25)(H,23,24)/t15-/m1/s1. The van der Waals surface area contributed by atoms with E-state index in [9.17, 15) is 14.0 Å². The number of thioether (sulfide) groups is 1. The molecule has 144 valence electrons. The third-order valence-electron chi connectivity index (χ3n) is 3.65. The van der Waals surface area contributed by atoms with Crippen LogP contribution in [0, 0.1) is 12.7 Å². The Bertz CT molecular complexity index is 751. The quantitative estimate of drug-likeness (QED) is 0.644. The second-order valence-electron chi connectivity index (χ2n) is 5.96. The maximum atomic E-state index is 12.8. The van der Waals surface area contributed by atoms with Gasteiger partial charge in [-0.15, -0.1) is 11.8 Å². The molecule has 2 aromatic rings. The summed E-state index contributed by atoms with van der Waals surface area (Å²) in [5.74, 6) is 0.135. The van der Waals surface area contributed by atoms with E-state index in [4.69, 9.17) is 4.74 Å². The summed E-state index contributed by atoms with van der Waals surface area (Å²) in [5, 5.41) is 5.07. The average Bonchev–Trinajstić information content (AvgIpc) is 2.66. The zero-order valence-corrected chi connectivity index (χ0v) is 16.1. The van der Waals surface area contributed by atoms with E-state index >= 15 is 0 Å². The Hall–Kier alpha value is -2.54. The molecule has 0 saturated heterocycles. The second-order valence-corrected chi connectivity index (χ2v) is 7.29. The Morgan fingerprint density at radius 1 is 1.11 bits per heavy atom. The minimum atomic E-state index is -0.372. The molecule has 0 fully saturated rings. The normalized spacial score (nSPS) is 11.5. The molecule has 1 atom stereocenters. The molecule has 2 aromatic carbocycles. The van der Waals surface area contributed by atoms with E-state index in [0.29, 0.717) is 18.8 Å². The third-order valence-corrected chi connectivity index (χ3v) is 4.80. The first-order valence-electron chi connectivity index (χ1n) is 8.58. The summed E-state index contributed by atoms with van der Waals surface area (Å²) in [5.41, 5.74) is 1.68. The predicted molar refractivity (Wildman–Crippen MR) is 107 cm³/mol. The lowest BCUT2D eigenvalue weighted by Crippen LogP contribution is -2.34. The number of halogens is 1. The fourth-order valence-corrected chi connectivity index (χ4v) is 2.84. The fourth-order valence-electron chi connectivity index (χ4n) is 2.13. The predicted octanol–water partition coefficient (Wildman–Crippen LogP) is 3.39. The summed E-state index contributed by atoms with van der Waals surface area (Å²) in [6.07, 6.45) is 0. The van der Waals surface area contributed by atoms with Crippen LogP contribution in [0.3, 0.4) is 0 Å². The summed E-state index contributed by atoms with van der Waals surface area (Å²) in [6.45, 7) is 4.51. The number of ether oxygens (including phenoxy) is 1. The van der Waals surface area contributed by atoms with Crippen molar-refractivity contribution < 1.29 is 18.7 Å². The molecule has 5 nitrogen and oxygen atoms in total. The maximum Gasteiger partial charge on any atom is 0.234 e. The van der Waals surface area contributed by atoms with Gasteiger partial charge in [0.25, 0.3) is 0 Å². The first-order valence-corrected chi connectivity index (χ1v) is 9.63. The van der Waals surface area contributed by atoms with Gasteiger partial charge in [-0.3, -0.25) is 9.59 Å². The first kappa shape index (κ1) is 20.8. The Balaban J connectivity index is 1.62. The molecule has 0 saturated carbocycles. The Morgan fingerprint density at radius 2 is 1.78 bits per heavy atom. The van der Waals surface area contributed by atoms with Crippen molar-refractivity contribution in [1.82, 2.24) is 5.32 Å². The van der Waals surface area contributed by atoms with Crippen molar-refractivity contribution in [2.75, 3.05) is 24.2 Å². The van der Waals surface area contributed by atoms with Crippen molar-refractivity contribution in [2.24, 2.45) is 0 Å². The number of benzene rings is 2. The van der Waals surface area contributed by atoms with Gasteiger partial charge in [0.2, 0.25) is 11.8 Å². The molecule has 0 heterocycles. The van der Waals surface area contributed by atoms with Gasteiger partial charge >= 0.3 is 0 Å². The summed E-state index contributed by atoms with van der Waals surface area (Å²) in [7, 11) is 0. The molecule has 0 aliphatic carbocycles. The van der Waals surface area contributed by atoms with Crippen LogP contribution in [0.1, 0.15) is 12.5 Å². The van der Waals surface area contributed by atoms with E-state index in [1.54, 1.807) is 6.92 Å². The first-order chi connectivity index (χ1) is 12.9. The van der Waals surface area contributed by atoms with Crippen LogP contribution in [0.25, 0.3) is 0 Å². The van der Waals surface area contributed by atoms with Gasteiger partial charge in [-0.2, -0.15) is 0 Å². The molecule has 0 radical (unpaired) electrons. The van der Waals surface area contributed by atoms with Gasteiger partial charge in [-0.1, -0.05) is 17.7 Å². The topological polar surface area (TPSA) is 67.4 Å². The molecular formula is C20H23FN2O3S. The molecule has 2 N–H and O–H groups in total. The number of nitrogens with one attached hydrogen (secondary N) is 2. The van der Waals surface area contributed by atoms with Gasteiger partial charge in [0, 0.05) is 5.69 Å². The van der Waals surface area contributed by atoms with E-state index in [-0.39, 0.29) is 28.6 Å². The number of carbonyl (C=O) groups is 2. The lowest BCUT2D eigenvalue weighted by molar-refractivity contribution is -0.120. The number of rotatable bonds is 9. The molecule has 7 heteroatoms. The van der Waals surface area contributed by atoms with Crippen LogP contribution < -0.4 is 15.4 Å². The van der Waals surface area contributed by atoms with Crippen LogP contribution in [0.5, 0.6) is 5.75 Å². The van der Waals surface area contributed by atoms with Crippen molar-refractivity contribution in [1.29, 1.82) is 0 Å². The molecule has 2 rings (SSSR count). The average molecular weight is 390 g/mol. The maximum absolute atomic E-state index is 12.8. The van der Waals surface area contributed by atoms with E-state index < -0.39 is 0 Å². The van der Waals surface area contributed by atoms with Gasteiger partial charge in [0.15, 0.2) is 0 Å². The number of aryl methyl sites for hydroxylation is 1. The number of hydrogen-bond acceptors (Lipinski definition) is 4. The van der Waals surface area contributed by atoms with Crippen LogP contribution in [-0.4, -0.2) is 36.0 Å².